The van der Waals surface area contributed by atoms with Gasteiger partial charge in [0.05, 0.1) is 6.10 Å². The molecule has 3 N–H and O–H groups in total. The Hall–Kier alpha value is -0.770. The number of nitrogens with zero attached hydrogens (tertiary/aromatic N) is 1. The normalized spacial score (nSPS) is 30.9. The number of piperidine rings is 1. The number of aliphatic hydroxyl groups is 1. The van der Waals surface area contributed by atoms with Crippen molar-refractivity contribution in [2.45, 2.75) is 38.2 Å². The lowest BCUT2D eigenvalue weighted by Gasteiger charge is -2.43. The zero-order valence-corrected chi connectivity index (χ0v) is 8.41. The first kappa shape index (κ1) is 9.77. The molecule has 1 saturated heterocycles. The Morgan fingerprint density at radius 2 is 2.07 bits per heavy atom. The molecule has 80 valence electrons. The Balaban J connectivity index is 2.10. The highest BCUT2D eigenvalue weighted by molar-refractivity contribution is 5.72. The van der Waals surface area contributed by atoms with E-state index in [9.17, 15) is 9.90 Å². The maximum atomic E-state index is 11.1. The predicted molar refractivity (Wildman–Crippen MR) is 52.7 cm³/mol. The number of hydrogen-bond acceptors (Lipinski definition) is 2. The van der Waals surface area contributed by atoms with Crippen molar-refractivity contribution in [2.24, 2.45) is 11.1 Å². The van der Waals surface area contributed by atoms with E-state index < -0.39 is 0 Å². The fourth-order valence-electron chi connectivity index (χ4n) is 2.91. The Kier molecular flexibility index (Phi) is 2.39. The molecular formula is C10H18N2O2. The van der Waals surface area contributed by atoms with Gasteiger partial charge in [-0.05, 0) is 19.3 Å². The van der Waals surface area contributed by atoms with Crippen LogP contribution >= 0.6 is 0 Å². The second kappa shape index (κ2) is 3.42. The van der Waals surface area contributed by atoms with Gasteiger partial charge in [-0.15, -0.1) is 0 Å². The van der Waals surface area contributed by atoms with Gasteiger partial charge in [-0.2, -0.15) is 0 Å². The number of carbonyl (C=O) groups excluding carboxylic acids is 1. The number of carbonyl (C=O) groups is 1. The Morgan fingerprint density at radius 1 is 1.43 bits per heavy atom. The predicted octanol–water partition coefficient (Wildman–Crippen LogP) is 0.692. The molecule has 1 atom stereocenters. The van der Waals surface area contributed by atoms with Crippen LogP contribution in [0.2, 0.25) is 0 Å². The Morgan fingerprint density at radius 3 is 2.64 bits per heavy atom. The van der Waals surface area contributed by atoms with Gasteiger partial charge in [0.15, 0.2) is 0 Å². The third-order valence-corrected chi connectivity index (χ3v) is 3.80. The first-order valence-corrected chi connectivity index (χ1v) is 5.36. The van der Waals surface area contributed by atoms with Crippen LogP contribution in [-0.4, -0.2) is 35.2 Å². The van der Waals surface area contributed by atoms with Crippen LogP contribution in [0, 0.1) is 5.41 Å². The standard InChI is InChI=1S/C10H18N2O2/c11-9(14)12-6-3-8(13)10(7-12)4-1-2-5-10/h8,13H,1-7H2,(H2,11,14). The molecule has 2 fully saturated rings. The minimum absolute atomic E-state index is 0.0344. The number of amides is 2. The fourth-order valence-corrected chi connectivity index (χ4v) is 2.91. The van der Waals surface area contributed by atoms with Gasteiger partial charge in [-0.3, -0.25) is 0 Å². The van der Waals surface area contributed by atoms with Crippen LogP contribution in [0.5, 0.6) is 0 Å². The molecule has 0 aromatic heterocycles. The molecule has 1 heterocycles. The summed E-state index contributed by atoms with van der Waals surface area (Å²) >= 11 is 0. The van der Waals surface area contributed by atoms with Gasteiger partial charge in [0, 0.05) is 18.5 Å². The molecule has 14 heavy (non-hydrogen) atoms. The Labute approximate surface area is 84.1 Å². The summed E-state index contributed by atoms with van der Waals surface area (Å²) in [6.07, 6.45) is 4.87. The minimum atomic E-state index is -0.344. The van der Waals surface area contributed by atoms with Gasteiger partial charge in [0.2, 0.25) is 0 Å². The van der Waals surface area contributed by atoms with Crippen molar-refractivity contribution in [2.75, 3.05) is 13.1 Å². The SMILES string of the molecule is NC(=O)N1CCC(O)C2(CCCC2)C1. The van der Waals surface area contributed by atoms with E-state index in [0.29, 0.717) is 19.5 Å². The fraction of sp³-hybridized carbons (Fsp3) is 0.900. The molecule has 4 nitrogen and oxygen atoms in total. The third kappa shape index (κ3) is 1.47. The van der Waals surface area contributed by atoms with Crippen LogP contribution in [0.25, 0.3) is 0 Å². The van der Waals surface area contributed by atoms with E-state index >= 15 is 0 Å². The minimum Gasteiger partial charge on any atom is -0.392 e. The van der Waals surface area contributed by atoms with Gasteiger partial charge in [0.25, 0.3) is 0 Å². The quantitative estimate of drug-likeness (QED) is 0.601. The average Bonchev–Trinajstić information content (AvgIpc) is 2.59. The van der Waals surface area contributed by atoms with Crippen LogP contribution in [0.15, 0.2) is 0 Å². The number of nitrogens with two attached hydrogens (primary N) is 1. The highest BCUT2D eigenvalue weighted by Gasteiger charge is 2.45. The lowest BCUT2D eigenvalue weighted by atomic mass is 9.76. The van der Waals surface area contributed by atoms with Gasteiger partial charge >= 0.3 is 6.03 Å². The summed E-state index contributed by atoms with van der Waals surface area (Å²) in [7, 11) is 0. The molecule has 1 aliphatic carbocycles. The molecule has 1 aliphatic heterocycles. The largest absolute Gasteiger partial charge is 0.392 e. The van der Waals surface area contributed by atoms with Gasteiger partial charge in [-0.1, -0.05) is 12.8 Å². The molecule has 0 aromatic carbocycles. The van der Waals surface area contributed by atoms with Crippen molar-refractivity contribution in [3.63, 3.8) is 0 Å². The van der Waals surface area contributed by atoms with Crippen LogP contribution in [-0.2, 0) is 0 Å². The zero-order chi connectivity index (χ0) is 10.2. The van der Waals surface area contributed by atoms with Crippen molar-refractivity contribution in [1.29, 1.82) is 0 Å². The number of aliphatic hydroxyl groups excluding tert-OH is 1. The smallest absolute Gasteiger partial charge is 0.314 e. The van der Waals surface area contributed by atoms with Crippen molar-refractivity contribution in [3.8, 4) is 0 Å². The first-order chi connectivity index (χ1) is 6.64. The van der Waals surface area contributed by atoms with Gasteiger partial charge in [-0.25, -0.2) is 4.79 Å². The molecule has 1 unspecified atom stereocenters. The maximum Gasteiger partial charge on any atom is 0.314 e. The van der Waals surface area contributed by atoms with E-state index in [-0.39, 0.29) is 17.6 Å². The number of likely N-dealkylation sites (tertiary alicyclic amines) is 1. The number of hydrogen-bond donors (Lipinski definition) is 2. The summed E-state index contributed by atoms with van der Waals surface area (Å²) in [5.74, 6) is 0. The van der Waals surface area contributed by atoms with Gasteiger partial charge in [0.1, 0.15) is 0 Å². The van der Waals surface area contributed by atoms with E-state index in [4.69, 9.17) is 5.73 Å². The number of urea groups is 1. The second-order valence-electron chi connectivity index (χ2n) is 4.63. The lowest BCUT2D eigenvalue weighted by Crippen LogP contribution is -2.53. The molecule has 0 aromatic rings. The third-order valence-electron chi connectivity index (χ3n) is 3.80. The van der Waals surface area contributed by atoms with E-state index in [1.165, 1.54) is 12.8 Å². The van der Waals surface area contributed by atoms with Crippen molar-refractivity contribution in [1.82, 2.24) is 4.90 Å². The van der Waals surface area contributed by atoms with E-state index in [1.54, 1.807) is 4.90 Å². The number of rotatable bonds is 0. The lowest BCUT2D eigenvalue weighted by molar-refractivity contribution is -0.0290. The summed E-state index contributed by atoms with van der Waals surface area (Å²) in [6, 6.07) is -0.344. The molecule has 0 radical (unpaired) electrons. The molecule has 0 bridgehead atoms. The number of primary amides is 1. The molecule has 1 saturated carbocycles. The highest BCUT2D eigenvalue weighted by atomic mass is 16.3. The molecular weight excluding hydrogens is 180 g/mol. The summed E-state index contributed by atoms with van der Waals surface area (Å²) in [4.78, 5) is 12.7. The van der Waals surface area contributed by atoms with Crippen molar-refractivity contribution < 1.29 is 9.90 Å². The molecule has 2 amide bonds. The van der Waals surface area contributed by atoms with E-state index in [1.807, 2.05) is 0 Å². The molecule has 1 spiro atoms. The van der Waals surface area contributed by atoms with Gasteiger partial charge < -0.3 is 15.7 Å². The maximum absolute atomic E-state index is 11.1. The highest BCUT2D eigenvalue weighted by Crippen LogP contribution is 2.44. The zero-order valence-electron chi connectivity index (χ0n) is 8.41. The van der Waals surface area contributed by atoms with Crippen LogP contribution in [0.4, 0.5) is 4.79 Å². The summed E-state index contributed by atoms with van der Waals surface area (Å²) in [6.45, 7) is 1.27. The van der Waals surface area contributed by atoms with Crippen LogP contribution in [0.3, 0.4) is 0 Å². The Bertz CT molecular complexity index is 236. The van der Waals surface area contributed by atoms with E-state index in [2.05, 4.69) is 0 Å². The van der Waals surface area contributed by atoms with Crippen LogP contribution < -0.4 is 5.73 Å². The topological polar surface area (TPSA) is 66.6 Å². The van der Waals surface area contributed by atoms with Crippen molar-refractivity contribution in [3.05, 3.63) is 0 Å². The molecule has 2 aliphatic rings. The summed E-state index contributed by atoms with van der Waals surface area (Å²) in [5.41, 5.74) is 5.23. The molecule has 2 rings (SSSR count). The summed E-state index contributed by atoms with van der Waals surface area (Å²) in [5, 5.41) is 9.98. The van der Waals surface area contributed by atoms with E-state index in [0.717, 1.165) is 12.8 Å². The molecule has 4 heteroatoms. The average molecular weight is 198 g/mol. The summed E-state index contributed by atoms with van der Waals surface area (Å²) < 4.78 is 0. The van der Waals surface area contributed by atoms with Crippen molar-refractivity contribution >= 4 is 6.03 Å². The second-order valence-corrected chi connectivity index (χ2v) is 4.63. The monoisotopic (exact) mass is 198 g/mol. The first-order valence-electron chi connectivity index (χ1n) is 5.36. The van der Waals surface area contributed by atoms with Crippen LogP contribution in [0.1, 0.15) is 32.1 Å².